The van der Waals surface area contributed by atoms with Crippen LogP contribution >= 0.6 is 0 Å². The van der Waals surface area contributed by atoms with Crippen molar-refractivity contribution >= 4 is 16.6 Å². The number of carbonyl (C=O) groups is 1. The van der Waals surface area contributed by atoms with Crippen LogP contribution < -0.4 is 0 Å². The summed E-state index contributed by atoms with van der Waals surface area (Å²) < 4.78 is 11.9. The average molecular weight is 222 g/mol. The summed E-state index contributed by atoms with van der Waals surface area (Å²) >= 11 is 0. The molecule has 1 aliphatic heterocycles. The molecule has 0 radical (unpaired) electrons. The average Bonchev–Trinajstić information content (AvgIpc) is 2.18. The van der Waals surface area contributed by atoms with Crippen molar-refractivity contribution < 1.29 is 9.00 Å². The Balaban J connectivity index is 2.67. The van der Waals surface area contributed by atoms with Gasteiger partial charge in [0.2, 0.25) is 0 Å². The molecule has 0 saturated heterocycles. The van der Waals surface area contributed by atoms with Gasteiger partial charge < -0.3 is 0 Å². The lowest BCUT2D eigenvalue weighted by Crippen LogP contribution is -2.26. The molecule has 0 fully saturated rings. The summed E-state index contributed by atoms with van der Waals surface area (Å²) in [6.07, 6.45) is 0. The number of fused-ring (bicyclic) bond motifs is 1. The SMILES string of the molecule is Cc1cc2c(cc1C)S(=O)CC(C)C2=O. The fraction of sp³-hybridized carbons (Fsp3) is 0.417. The van der Waals surface area contributed by atoms with E-state index in [0.717, 1.165) is 16.0 Å². The van der Waals surface area contributed by atoms with Crippen molar-refractivity contribution in [1.82, 2.24) is 0 Å². The molecule has 2 rings (SSSR count). The molecule has 2 nitrogen and oxygen atoms in total. The van der Waals surface area contributed by atoms with Gasteiger partial charge in [-0.15, -0.1) is 0 Å². The molecule has 0 bridgehead atoms. The van der Waals surface area contributed by atoms with Crippen molar-refractivity contribution in [2.24, 2.45) is 5.92 Å². The predicted molar refractivity (Wildman–Crippen MR) is 60.7 cm³/mol. The van der Waals surface area contributed by atoms with Crippen LogP contribution in [0.5, 0.6) is 0 Å². The fourth-order valence-electron chi connectivity index (χ4n) is 1.83. The van der Waals surface area contributed by atoms with E-state index < -0.39 is 10.8 Å². The van der Waals surface area contributed by atoms with Crippen LogP contribution in [0.1, 0.15) is 28.4 Å². The first-order valence-electron chi connectivity index (χ1n) is 5.04. The first-order valence-corrected chi connectivity index (χ1v) is 6.36. The Morgan fingerprint density at radius 1 is 1.27 bits per heavy atom. The lowest BCUT2D eigenvalue weighted by molar-refractivity contribution is 0.0935. The van der Waals surface area contributed by atoms with E-state index in [1.54, 1.807) is 0 Å². The van der Waals surface area contributed by atoms with E-state index >= 15 is 0 Å². The van der Waals surface area contributed by atoms with E-state index in [0.29, 0.717) is 11.3 Å². The van der Waals surface area contributed by atoms with Crippen LogP contribution in [0, 0.1) is 19.8 Å². The number of Topliss-reactive ketones (excluding diaryl/α,β-unsaturated/α-hetero) is 1. The molecule has 0 spiro atoms. The molecule has 2 unspecified atom stereocenters. The van der Waals surface area contributed by atoms with Crippen molar-refractivity contribution in [3.05, 3.63) is 28.8 Å². The summed E-state index contributed by atoms with van der Waals surface area (Å²) in [5, 5.41) is 0. The third-order valence-corrected chi connectivity index (χ3v) is 4.59. The number of aryl methyl sites for hydroxylation is 2. The molecule has 1 aliphatic rings. The van der Waals surface area contributed by atoms with E-state index in [2.05, 4.69) is 0 Å². The van der Waals surface area contributed by atoms with Crippen molar-refractivity contribution in [2.45, 2.75) is 25.7 Å². The highest BCUT2D eigenvalue weighted by molar-refractivity contribution is 7.85. The minimum Gasteiger partial charge on any atom is -0.294 e. The Morgan fingerprint density at radius 3 is 2.53 bits per heavy atom. The summed E-state index contributed by atoms with van der Waals surface area (Å²) in [6, 6.07) is 3.77. The maximum atomic E-state index is 11.9. The monoisotopic (exact) mass is 222 g/mol. The normalized spacial score (nSPS) is 25.1. The highest BCUT2D eigenvalue weighted by Gasteiger charge is 2.29. The zero-order valence-corrected chi connectivity index (χ0v) is 9.98. The summed E-state index contributed by atoms with van der Waals surface area (Å²) in [4.78, 5) is 12.6. The van der Waals surface area contributed by atoms with E-state index in [-0.39, 0.29) is 11.7 Å². The quantitative estimate of drug-likeness (QED) is 0.674. The summed E-state index contributed by atoms with van der Waals surface area (Å²) in [5.74, 6) is 0.488. The molecule has 0 amide bonds. The molecule has 3 heteroatoms. The van der Waals surface area contributed by atoms with Crippen LogP contribution in [0.25, 0.3) is 0 Å². The van der Waals surface area contributed by atoms with E-state index in [9.17, 15) is 9.00 Å². The number of rotatable bonds is 0. The molecule has 1 heterocycles. The van der Waals surface area contributed by atoms with Crippen LogP contribution in [0.15, 0.2) is 17.0 Å². The summed E-state index contributed by atoms with van der Waals surface area (Å²) in [6.45, 7) is 5.80. The molecule has 80 valence electrons. The molecular formula is C12H14O2S. The van der Waals surface area contributed by atoms with E-state index in [1.807, 2.05) is 32.9 Å². The van der Waals surface area contributed by atoms with Gasteiger partial charge in [-0.1, -0.05) is 6.92 Å². The molecule has 2 atom stereocenters. The Morgan fingerprint density at radius 2 is 1.87 bits per heavy atom. The Hall–Kier alpha value is -0.960. The molecule has 0 N–H and O–H groups in total. The third kappa shape index (κ3) is 1.65. The summed E-state index contributed by atoms with van der Waals surface area (Å²) in [5.41, 5.74) is 2.85. The van der Waals surface area contributed by atoms with Crippen LogP contribution in [-0.2, 0) is 10.8 Å². The fourth-order valence-corrected chi connectivity index (χ4v) is 3.33. The first-order chi connectivity index (χ1) is 7.00. The van der Waals surface area contributed by atoms with Crippen LogP contribution in [-0.4, -0.2) is 15.7 Å². The predicted octanol–water partition coefficient (Wildman–Crippen LogP) is 2.24. The van der Waals surface area contributed by atoms with Gasteiger partial charge in [0.05, 0.1) is 10.8 Å². The Kier molecular flexibility index (Phi) is 2.51. The smallest absolute Gasteiger partial charge is 0.167 e. The maximum absolute atomic E-state index is 11.9. The van der Waals surface area contributed by atoms with Gasteiger partial charge in [-0.3, -0.25) is 9.00 Å². The van der Waals surface area contributed by atoms with Gasteiger partial charge in [0, 0.05) is 22.1 Å². The van der Waals surface area contributed by atoms with Gasteiger partial charge in [-0.25, -0.2) is 0 Å². The number of benzene rings is 1. The van der Waals surface area contributed by atoms with Gasteiger partial charge in [0.25, 0.3) is 0 Å². The number of ketones is 1. The van der Waals surface area contributed by atoms with Crippen molar-refractivity contribution in [3.8, 4) is 0 Å². The number of carbonyl (C=O) groups excluding carboxylic acids is 1. The molecule has 0 aliphatic carbocycles. The van der Waals surface area contributed by atoms with Gasteiger partial charge >= 0.3 is 0 Å². The second-order valence-electron chi connectivity index (χ2n) is 4.21. The maximum Gasteiger partial charge on any atom is 0.167 e. The standard InChI is InChI=1S/C12H14O2S/c1-7-4-10-11(5-8(7)2)15(14)6-9(3)12(10)13/h4-5,9H,6H2,1-3H3. The van der Waals surface area contributed by atoms with Crippen LogP contribution in [0.3, 0.4) is 0 Å². The minimum absolute atomic E-state index is 0.111. The van der Waals surface area contributed by atoms with E-state index in [1.165, 1.54) is 0 Å². The molecule has 0 saturated carbocycles. The van der Waals surface area contributed by atoms with Gasteiger partial charge in [0.15, 0.2) is 5.78 Å². The Bertz CT molecular complexity index is 463. The molecule has 1 aromatic rings. The molecule has 15 heavy (non-hydrogen) atoms. The minimum atomic E-state index is -1.01. The lowest BCUT2D eigenvalue weighted by atomic mass is 9.97. The van der Waals surface area contributed by atoms with Crippen molar-refractivity contribution in [3.63, 3.8) is 0 Å². The number of hydrogen-bond donors (Lipinski definition) is 0. The van der Waals surface area contributed by atoms with E-state index in [4.69, 9.17) is 0 Å². The van der Waals surface area contributed by atoms with Gasteiger partial charge in [-0.2, -0.15) is 0 Å². The topological polar surface area (TPSA) is 34.1 Å². The van der Waals surface area contributed by atoms with Crippen LogP contribution in [0.4, 0.5) is 0 Å². The third-order valence-electron chi connectivity index (χ3n) is 2.96. The zero-order chi connectivity index (χ0) is 11.2. The first kappa shape index (κ1) is 10.6. The van der Waals surface area contributed by atoms with Crippen molar-refractivity contribution in [1.29, 1.82) is 0 Å². The largest absolute Gasteiger partial charge is 0.294 e. The highest BCUT2D eigenvalue weighted by atomic mass is 32.2. The molecule has 0 aromatic heterocycles. The van der Waals surface area contributed by atoms with Gasteiger partial charge in [-0.05, 0) is 37.1 Å². The Labute approximate surface area is 92.2 Å². The molecule has 1 aromatic carbocycles. The molecular weight excluding hydrogens is 208 g/mol. The lowest BCUT2D eigenvalue weighted by Gasteiger charge is -2.20. The van der Waals surface area contributed by atoms with Crippen LogP contribution in [0.2, 0.25) is 0 Å². The van der Waals surface area contributed by atoms with Gasteiger partial charge in [0.1, 0.15) is 0 Å². The highest BCUT2D eigenvalue weighted by Crippen LogP contribution is 2.27. The summed E-state index contributed by atoms with van der Waals surface area (Å²) in [7, 11) is -1.01. The second-order valence-corrected chi connectivity index (χ2v) is 5.67. The van der Waals surface area contributed by atoms with Crippen molar-refractivity contribution in [2.75, 3.05) is 5.75 Å². The second kappa shape index (κ2) is 3.56. The zero-order valence-electron chi connectivity index (χ0n) is 9.16. The number of hydrogen-bond acceptors (Lipinski definition) is 2.